The number of fused-ring (bicyclic) bond motifs is 3. The highest BCUT2D eigenvalue weighted by atomic mass is 16.4. The van der Waals surface area contributed by atoms with E-state index in [2.05, 4.69) is 0 Å². The average Bonchev–Trinajstić information content (AvgIpc) is 3.17. The molecule has 3 N–H and O–H groups in total. The van der Waals surface area contributed by atoms with Crippen LogP contribution in [0.5, 0.6) is 11.5 Å². The molecule has 0 saturated heterocycles. The number of carbonyl (C=O) groups is 1. The van der Waals surface area contributed by atoms with E-state index in [0.29, 0.717) is 11.1 Å². The largest absolute Gasteiger partial charge is 0.504 e. The van der Waals surface area contributed by atoms with Crippen LogP contribution in [0.4, 0.5) is 0 Å². The maximum Gasteiger partial charge on any atom is 0.307 e. The van der Waals surface area contributed by atoms with E-state index >= 15 is 0 Å². The van der Waals surface area contributed by atoms with Crippen LogP contribution >= 0.6 is 0 Å². The van der Waals surface area contributed by atoms with Crippen LogP contribution in [-0.4, -0.2) is 21.3 Å². The Balaban J connectivity index is 1.96. The summed E-state index contributed by atoms with van der Waals surface area (Å²) in [4.78, 5) is 24.6. The van der Waals surface area contributed by atoms with Crippen LogP contribution in [0.15, 0.2) is 80.4 Å². The zero-order valence-corrected chi connectivity index (χ0v) is 16.5. The quantitative estimate of drug-likeness (QED) is 0.348. The predicted octanol–water partition coefficient (Wildman–Crippen LogP) is 4.91. The number of phenols is 2. The second kappa shape index (κ2) is 7.31. The smallest absolute Gasteiger partial charge is 0.307 e. The molecular formula is C25H16O7. The molecule has 32 heavy (non-hydrogen) atoms. The molecule has 7 nitrogen and oxygen atoms in total. The molecule has 0 fully saturated rings. The first-order valence-electron chi connectivity index (χ1n) is 9.75. The van der Waals surface area contributed by atoms with Crippen LogP contribution in [0.25, 0.3) is 44.6 Å². The molecule has 0 atom stereocenters. The third kappa shape index (κ3) is 2.99. The summed E-state index contributed by atoms with van der Waals surface area (Å²) in [6, 6.07) is 18.9. The van der Waals surface area contributed by atoms with E-state index in [-0.39, 0.29) is 39.0 Å². The Morgan fingerprint density at radius 1 is 0.781 bits per heavy atom. The Bertz CT molecular complexity index is 1540. The first-order valence-corrected chi connectivity index (χ1v) is 9.75. The maximum absolute atomic E-state index is 12.9. The van der Waals surface area contributed by atoms with Crippen molar-refractivity contribution in [3.05, 3.63) is 82.5 Å². The van der Waals surface area contributed by atoms with Crippen molar-refractivity contribution in [3.8, 4) is 34.1 Å². The highest BCUT2D eigenvalue weighted by Crippen LogP contribution is 2.47. The third-order valence-electron chi connectivity index (χ3n) is 5.28. The van der Waals surface area contributed by atoms with Gasteiger partial charge in [0, 0.05) is 22.8 Å². The van der Waals surface area contributed by atoms with Crippen LogP contribution in [0, 0.1) is 0 Å². The van der Waals surface area contributed by atoms with E-state index in [4.69, 9.17) is 8.83 Å². The van der Waals surface area contributed by atoms with Gasteiger partial charge in [-0.05, 0) is 0 Å². The van der Waals surface area contributed by atoms with Crippen molar-refractivity contribution in [2.24, 2.45) is 0 Å². The summed E-state index contributed by atoms with van der Waals surface area (Å²) in [5, 5.41) is 30.6. The summed E-state index contributed by atoms with van der Waals surface area (Å²) in [6.07, 6.45) is -0.449. The molecule has 5 rings (SSSR count). The van der Waals surface area contributed by atoms with Gasteiger partial charge in [0.1, 0.15) is 16.9 Å². The van der Waals surface area contributed by atoms with E-state index < -0.39 is 29.3 Å². The molecule has 0 bridgehead atoms. The zero-order valence-electron chi connectivity index (χ0n) is 16.5. The third-order valence-corrected chi connectivity index (χ3v) is 5.28. The first kappa shape index (κ1) is 19.4. The summed E-state index contributed by atoms with van der Waals surface area (Å²) >= 11 is 0. The minimum absolute atomic E-state index is 0.0520. The monoisotopic (exact) mass is 428 g/mol. The van der Waals surface area contributed by atoms with Crippen molar-refractivity contribution in [1.82, 2.24) is 0 Å². The molecule has 0 unspecified atom stereocenters. The predicted molar refractivity (Wildman–Crippen MR) is 118 cm³/mol. The number of phenolic OH excluding ortho intramolecular Hbond substituents is 2. The van der Waals surface area contributed by atoms with Crippen LogP contribution in [0.3, 0.4) is 0 Å². The number of carboxylic acids is 1. The van der Waals surface area contributed by atoms with E-state index in [1.54, 1.807) is 54.6 Å². The molecule has 5 aromatic rings. The fourth-order valence-electron chi connectivity index (χ4n) is 3.88. The molecule has 0 aliphatic carbocycles. The fourth-order valence-corrected chi connectivity index (χ4v) is 3.88. The van der Waals surface area contributed by atoms with Gasteiger partial charge in [-0.15, -0.1) is 0 Å². The summed E-state index contributed by atoms with van der Waals surface area (Å²) in [7, 11) is 0. The van der Waals surface area contributed by atoms with Gasteiger partial charge in [-0.2, -0.15) is 0 Å². The van der Waals surface area contributed by atoms with Crippen molar-refractivity contribution < 1.29 is 28.9 Å². The minimum Gasteiger partial charge on any atom is -0.504 e. The van der Waals surface area contributed by atoms with Crippen molar-refractivity contribution >= 4 is 27.9 Å². The van der Waals surface area contributed by atoms with Gasteiger partial charge >= 0.3 is 5.97 Å². The van der Waals surface area contributed by atoms with Gasteiger partial charge in [0.05, 0.1) is 11.8 Å². The number of hydrogen-bond donors (Lipinski definition) is 3. The van der Waals surface area contributed by atoms with Gasteiger partial charge in [-0.3, -0.25) is 9.59 Å². The molecular weight excluding hydrogens is 412 g/mol. The number of benzene rings is 3. The lowest BCUT2D eigenvalue weighted by atomic mass is 10.00. The fraction of sp³-hybridized carbons (Fsp3) is 0.0400. The minimum atomic E-state index is -1.13. The molecule has 3 aromatic carbocycles. The highest BCUT2D eigenvalue weighted by Gasteiger charge is 2.28. The number of aliphatic carboxylic acids is 1. The van der Waals surface area contributed by atoms with Gasteiger partial charge in [0.15, 0.2) is 22.3 Å². The standard InChI is InChI=1S/C25H16O7/c26-16-12-17(13-7-3-1-4-8-13)31-24-19-15(11-18(27)28)23(14-9-5-2-6-10-14)32-25(19)22(30)21(29)20(16)24/h1-10,12,29-30H,11H2,(H,27,28). The lowest BCUT2D eigenvalue weighted by Gasteiger charge is -2.08. The zero-order chi connectivity index (χ0) is 22.4. The van der Waals surface area contributed by atoms with Crippen molar-refractivity contribution in [3.63, 3.8) is 0 Å². The second-order valence-corrected chi connectivity index (χ2v) is 7.29. The maximum atomic E-state index is 12.9. The molecule has 0 saturated carbocycles. The van der Waals surface area contributed by atoms with Gasteiger partial charge < -0.3 is 24.2 Å². The second-order valence-electron chi connectivity index (χ2n) is 7.29. The van der Waals surface area contributed by atoms with Gasteiger partial charge in [-0.1, -0.05) is 60.7 Å². The van der Waals surface area contributed by atoms with Crippen molar-refractivity contribution in [1.29, 1.82) is 0 Å². The number of hydrogen-bond acceptors (Lipinski definition) is 6. The Morgan fingerprint density at radius 3 is 2.03 bits per heavy atom. The lowest BCUT2D eigenvalue weighted by Crippen LogP contribution is -2.03. The van der Waals surface area contributed by atoms with Crippen LogP contribution in [-0.2, 0) is 11.2 Å². The Morgan fingerprint density at radius 2 is 1.41 bits per heavy atom. The molecule has 0 radical (unpaired) electrons. The highest BCUT2D eigenvalue weighted by molar-refractivity contribution is 6.12. The molecule has 158 valence electrons. The van der Waals surface area contributed by atoms with Crippen molar-refractivity contribution in [2.45, 2.75) is 6.42 Å². The summed E-state index contributed by atoms with van der Waals surface area (Å²) in [5.41, 5.74) is 0.644. The van der Waals surface area contributed by atoms with Gasteiger partial charge in [0.2, 0.25) is 5.75 Å². The molecule has 0 spiro atoms. The van der Waals surface area contributed by atoms with Gasteiger partial charge in [0.25, 0.3) is 0 Å². The number of rotatable bonds is 4. The SMILES string of the molecule is O=C(O)Cc1c(-c2ccccc2)oc2c(O)c(O)c3c(=O)cc(-c4ccccc4)oc3c12. The topological polar surface area (TPSA) is 121 Å². The average molecular weight is 428 g/mol. The van der Waals surface area contributed by atoms with Crippen LogP contribution < -0.4 is 5.43 Å². The summed E-state index contributed by atoms with van der Waals surface area (Å²) < 4.78 is 11.9. The lowest BCUT2D eigenvalue weighted by molar-refractivity contribution is -0.136. The molecule has 2 heterocycles. The van der Waals surface area contributed by atoms with Crippen LogP contribution in [0.1, 0.15) is 5.56 Å². The van der Waals surface area contributed by atoms with E-state index in [9.17, 15) is 24.9 Å². The Kier molecular flexibility index (Phi) is 4.44. The molecule has 0 aliphatic heterocycles. The number of furan rings is 1. The van der Waals surface area contributed by atoms with E-state index in [1.165, 1.54) is 6.07 Å². The molecule has 7 heteroatoms. The number of carboxylic acid groups (broad SMARTS) is 1. The molecule has 2 aromatic heterocycles. The Hall–Kier alpha value is -4.52. The summed E-state index contributed by atoms with van der Waals surface area (Å²) in [6.45, 7) is 0. The molecule has 0 amide bonds. The molecule has 0 aliphatic rings. The van der Waals surface area contributed by atoms with Crippen molar-refractivity contribution in [2.75, 3.05) is 0 Å². The summed E-state index contributed by atoms with van der Waals surface area (Å²) in [5.74, 6) is -2.03. The van der Waals surface area contributed by atoms with E-state index in [1.807, 2.05) is 6.07 Å². The first-order chi connectivity index (χ1) is 15.5. The van der Waals surface area contributed by atoms with Crippen LogP contribution in [0.2, 0.25) is 0 Å². The Labute approximate surface area is 180 Å². The normalized spacial score (nSPS) is 11.2. The number of aromatic hydroxyl groups is 2. The van der Waals surface area contributed by atoms with Gasteiger partial charge in [-0.25, -0.2) is 0 Å². The van der Waals surface area contributed by atoms with E-state index in [0.717, 1.165) is 0 Å².